The Kier molecular flexibility index (Phi) is 5.56. The van der Waals surface area contributed by atoms with E-state index in [2.05, 4.69) is 44.8 Å². The Labute approximate surface area is 160 Å². The number of fused-ring (bicyclic) bond motifs is 1. The monoisotopic (exact) mass is 416 g/mol. The van der Waals surface area contributed by atoms with Crippen LogP contribution in [0.1, 0.15) is 32.4 Å². The number of aryl methyl sites for hydroxylation is 1. The van der Waals surface area contributed by atoms with Crippen LogP contribution in [0.25, 0.3) is 10.9 Å². The average Bonchev–Trinajstić information content (AvgIpc) is 3.11. The van der Waals surface area contributed by atoms with Gasteiger partial charge in [0, 0.05) is 30.0 Å². The first-order valence-electron chi connectivity index (χ1n) is 8.67. The summed E-state index contributed by atoms with van der Waals surface area (Å²) < 4.78 is 7.98. The van der Waals surface area contributed by atoms with Crippen LogP contribution >= 0.6 is 15.9 Å². The fraction of sp³-hybridized carbons (Fsp3) is 0.316. The fourth-order valence-corrected chi connectivity index (χ4v) is 3.14. The normalized spacial score (nSPS) is 11.5. The smallest absolute Gasteiger partial charge is 0.282 e. The van der Waals surface area contributed by atoms with Gasteiger partial charge in [-0.1, -0.05) is 22.9 Å². The number of aromatic nitrogens is 2. The molecule has 0 aliphatic rings. The number of halogens is 1. The Morgan fingerprint density at radius 3 is 2.69 bits per heavy atom. The summed E-state index contributed by atoms with van der Waals surface area (Å²) in [7, 11) is 0. The molecule has 0 atom stereocenters. The van der Waals surface area contributed by atoms with E-state index in [-0.39, 0.29) is 5.56 Å². The van der Waals surface area contributed by atoms with E-state index in [4.69, 9.17) is 4.42 Å². The van der Waals surface area contributed by atoms with Gasteiger partial charge >= 0.3 is 0 Å². The Bertz CT molecular complexity index is 1000. The summed E-state index contributed by atoms with van der Waals surface area (Å²) in [5.41, 5.74) is 0.475. The van der Waals surface area contributed by atoms with E-state index in [1.54, 1.807) is 12.3 Å². The first-order chi connectivity index (χ1) is 12.6. The molecule has 2 aromatic heterocycles. The Morgan fingerprint density at radius 2 is 2.00 bits per heavy atom. The van der Waals surface area contributed by atoms with E-state index in [0.29, 0.717) is 28.9 Å². The molecule has 3 rings (SSSR count). The molecule has 0 fully saturated rings. The summed E-state index contributed by atoms with van der Waals surface area (Å²) in [6, 6.07) is 9.23. The SMILES string of the molecule is CCc1nc2ccc(Br)cc2c(=O)n1N=Cc1ccc(N(CC)CC)o1. The summed E-state index contributed by atoms with van der Waals surface area (Å²) in [6.45, 7) is 7.83. The Hall–Kier alpha value is -2.41. The summed E-state index contributed by atoms with van der Waals surface area (Å²) in [4.78, 5) is 19.5. The zero-order valence-corrected chi connectivity index (χ0v) is 16.7. The molecule has 136 valence electrons. The van der Waals surface area contributed by atoms with Gasteiger partial charge in [-0.05, 0) is 38.1 Å². The number of hydrogen-bond acceptors (Lipinski definition) is 5. The van der Waals surface area contributed by atoms with Gasteiger partial charge in [-0.2, -0.15) is 9.78 Å². The van der Waals surface area contributed by atoms with Crippen LogP contribution in [0, 0.1) is 0 Å². The van der Waals surface area contributed by atoms with Crippen LogP contribution in [0.15, 0.2) is 49.1 Å². The van der Waals surface area contributed by atoms with Crippen LogP contribution in [0.3, 0.4) is 0 Å². The van der Waals surface area contributed by atoms with Crippen molar-refractivity contribution in [2.24, 2.45) is 5.10 Å². The third kappa shape index (κ3) is 3.58. The minimum absolute atomic E-state index is 0.195. The van der Waals surface area contributed by atoms with E-state index in [1.807, 2.05) is 31.2 Å². The first-order valence-corrected chi connectivity index (χ1v) is 9.47. The highest BCUT2D eigenvalue weighted by Crippen LogP contribution is 2.18. The van der Waals surface area contributed by atoms with Gasteiger partial charge in [0.05, 0.1) is 17.1 Å². The third-order valence-corrected chi connectivity index (χ3v) is 4.67. The van der Waals surface area contributed by atoms with Crippen molar-refractivity contribution in [3.05, 3.63) is 56.7 Å². The van der Waals surface area contributed by atoms with Crippen molar-refractivity contribution in [2.45, 2.75) is 27.2 Å². The van der Waals surface area contributed by atoms with Crippen LogP contribution in [0.5, 0.6) is 0 Å². The molecule has 6 nitrogen and oxygen atoms in total. The Morgan fingerprint density at radius 1 is 1.23 bits per heavy atom. The van der Waals surface area contributed by atoms with Crippen LogP contribution in [0.4, 0.5) is 5.88 Å². The van der Waals surface area contributed by atoms with Crippen molar-refractivity contribution in [2.75, 3.05) is 18.0 Å². The zero-order valence-electron chi connectivity index (χ0n) is 15.1. The lowest BCUT2D eigenvalue weighted by Gasteiger charge is -2.16. The predicted molar refractivity (Wildman–Crippen MR) is 108 cm³/mol. The maximum absolute atomic E-state index is 12.8. The number of rotatable bonds is 6. The van der Waals surface area contributed by atoms with E-state index < -0.39 is 0 Å². The van der Waals surface area contributed by atoms with Gasteiger partial charge in [-0.3, -0.25) is 4.79 Å². The maximum atomic E-state index is 12.8. The highest BCUT2D eigenvalue weighted by atomic mass is 79.9. The minimum atomic E-state index is -0.195. The standard InChI is InChI=1S/C19H21BrN4O2/c1-4-17-22-16-9-7-13(20)11-15(16)19(25)24(17)21-12-14-8-10-18(26-14)23(5-2)6-3/h7-12H,4-6H2,1-3H3. The average molecular weight is 417 g/mol. The molecule has 7 heteroatoms. The van der Waals surface area contributed by atoms with Crippen molar-refractivity contribution in [3.8, 4) is 0 Å². The molecule has 0 saturated heterocycles. The van der Waals surface area contributed by atoms with Crippen LogP contribution in [-0.4, -0.2) is 29.0 Å². The van der Waals surface area contributed by atoms with Crippen LogP contribution in [0.2, 0.25) is 0 Å². The number of anilines is 1. The maximum Gasteiger partial charge on any atom is 0.282 e. The summed E-state index contributed by atoms with van der Waals surface area (Å²) >= 11 is 3.40. The summed E-state index contributed by atoms with van der Waals surface area (Å²) in [6.07, 6.45) is 2.15. The highest BCUT2D eigenvalue weighted by molar-refractivity contribution is 9.10. The topological polar surface area (TPSA) is 63.6 Å². The molecule has 3 aromatic rings. The van der Waals surface area contributed by atoms with Gasteiger partial charge in [0.2, 0.25) is 0 Å². The fourth-order valence-electron chi connectivity index (χ4n) is 2.77. The summed E-state index contributed by atoms with van der Waals surface area (Å²) in [5.74, 6) is 1.99. The van der Waals surface area contributed by atoms with Gasteiger partial charge in [0.25, 0.3) is 5.56 Å². The quantitative estimate of drug-likeness (QED) is 0.568. The molecule has 0 unspecified atom stereocenters. The van der Waals surface area contributed by atoms with Gasteiger partial charge in [-0.15, -0.1) is 0 Å². The molecule has 0 spiro atoms. The highest BCUT2D eigenvalue weighted by Gasteiger charge is 2.10. The van der Waals surface area contributed by atoms with Gasteiger partial charge in [-0.25, -0.2) is 4.98 Å². The molecule has 0 amide bonds. The minimum Gasteiger partial charge on any atom is -0.440 e. The van der Waals surface area contributed by atoms with Gasteiger partial charge in [0.15, 0.2) is 5.88 Å². The second-order valence-corrected chi connectivity index (χ2v) is 6.67. The molecule has 0 bridgehead atoms. The molecule has 0 saturated carbocycles. The predicted octanol–water partition coefficient (Wildman–Crippen LogP) is 4.04. The largest absolute Gasteiger partial charge is 0.440 e. The van der Waals surface area contributed by atoms with Gasteiger partial charge in [0.1, 0.15) is 11.6 Å². The van der Waals surface area contributed by atoms with E-state index >= 15 is 0 Å². The second kappa shape index (κ2) is 7.86. The van der Waals surface area contributed by atoms with Crippen LogP contribution in [-0.2, 0) is 6.42 Å². The van der Waals surface area contributed by atoms with E-state index in [9.17, 15) is 4.79 Å². The molecule has 0 aliphatic heterocycles. The van der Waals surface area contributed by atoms with Crippen molar-refractivity contribution >= 4 is 38.9 Å². The molecule has 0 N–H and O–H groups in total. The van der Waals surface area contributed by atoms with E-state index in [1.165, 1.54) is 4.68 Å². The van der Waals surface area contributed by atoms with Crippen LogP contribution < -0.4 is 10.5 Å². The number of nitrogens with zero attached hydrogens (tertiary/aromatic N) is 4. The molecule has 0 aliphatic carbocycles. The lowest BCUT2D eigenvalue weighted by Crippen LogP contribution is -2.22. The van der Waals surface area contributed by atoms with Crippen molar-refractivity contribution in [1.82, 2.24) is 9.66 Å². The molecular formula is C19H21BrN4O2. The summed E-state index contributed by atoms with van der Waals surface area (Å²) in [5, 5.41) is 4.87. The number of hydrogen-bond donors (Lipinski definition) is 0. The molecule has 0 radical (unpaired) electrons. The molecule has 1 aromatic carbocycles. The number of furan rings is 1. The lowest BCUT2D eigenvalue weighted by atomic mass is 10.2. The Balaban J connectivity index is 2.01. The van der Waals surface area contributed by atoms with Crippen molar-refractivity contribution < 1.29 is 4.42 Å². The second-order valence-electron chi connectivity index (χ2n) is 5.75. The number of benzene rings is 1. The molecule has 2 heterocycles. The van der Waals surface area contributed by atoms with Gasteiger partial charge < -0.3 is 9.32 Å². The van der Waals surface area contributed by atoms with Crippen molar-refractivity contribution in [1.29, 1.82) is 0 Å². The zero-order chi connectivity index (χ0) is 18.7. The molecular weight excluding hydrogens is 396 g/mol. The van der Waals surface area contributed by atoms with E-state index in [0.717, 1.165) is 23.4 Å². The first kappa shape index (κ1) is 18.4. The lowest BCUT2D eigenvalue weighted by molar-refractivity contribution is 0.543. The van der Waals surface area contributed by atoms with Crippen molar-refractivity contribution in [3.63, 3.8) is 0 Å². The third-order valence-electron chi connectivity index (χ3n) is 4.18. The molecule has 26 heavy (non-hydrogen) atoms.